The summed E-state index contributed by atoms with van der Waals surface area (Å²) in [6, 6.07) is 4.62. The van der Waals surface area contributed by atoms with Crippen LogP contribution in [0.2, 0.25) is 0 Å². The molecule has 2 saturated heterocycles. The number of aromatic nitrogens is 2. The van der Waals surface area contributed by atoms with Crippen molar-refractivity contribution in [2.45, 2.75) is 44.9 Å². The van der Waals surface area contributed by atoms with E-state index in [0.29, 0.717) is 37.5 Å². The van der Waals surface area contributed by atoms with Gasteiger partial charge in [0.15, 0.2) is 11.6 Å². The van der Waals surface area contributed by atoms with Crippen LogP contribution in [-0.4, -0.2) is 78.9 Å². The lowest BCUT2D eigenvalue weighted by molar-refractivity contribution is -0.120. The number of cyclic esters (lactones) is 1. The minimum absolute atomic E-state index is 0.0148. The van der Waals surface area contributed by atoms with Gasteiger partial charge >= 0.3 is 12.1 Å². The van der Waals surface area contributed by atoms with E-state index in [4.69, 9.17) is 15.2 Å². The number of carbonyl (C=O) groups is 3. The molecular weight excluding hydrogens is 578 g/mol. The number of ether oxygens (including phenoxy) is 2. The first-order valence-electron chi connectivity index (χ1n) is 14.5. The molecule has 1 saturated carbocycles. The van der Waals surface area contributed by atoms with Crippen LogP contribution in [0.15, 0.2) is 35.3 Å². The number of nitrogens with two attached hydrogens (primary N) is 1. The number of piperazine rings is 1. The molecule has 44 heavy (non-hydrogen) atoms. The smallest absolute Gasteiger partial charge is 0.414 e. The molecule has 3 aliphatic rings. The molecule has 1 unspecified atom stereocenters. The second-order valence-electron chi connectivity index (χ2n) is 11.2. The summed E-state index contributed by atoms with van der Waals surface area (Å²) in [5, 5.41) is 0.0148. The highest BCUT2D eigenvalue weighted by atomic mass is 19.1. The normalized spacial score (nSPS) is 19.3. The van der Waals surface area contributed by atoms with Gasteiger partial charge in [0.2, 0.25) is 5.43 Å². The maximum Gasteiger partial charge on any atom is 0.414 e. The topological polar surface area (TPSA) is 140 Å². The monoisotopic (exact) mass is 610 g/mol. The lowest BCUT2D eigenvalue weighted by Gasteiger charge is -2.37. The Morgan fingerprint density at radius 1 is 1.09 bits per heavy atom. The van der Waals surface area contributed by atoms with Crippen LogP contribution in [0.4, 0.5) is 30.8 Å². The fourth-order valence-electron chi connectivity index (χ4n) is 5.67. The van der Waals surface area contributed by atoms with Crippen molar-refractivity contribution in [2.75, 3.05) is 54.0 Å². The van der Waals surface area contributed by atoms with E-state index >= 15 is 8.78 Å². The average molecular weight is 611 g/mol. The Morgan fingerprint density at radius 3 is 2.43 bits per heavy atom. The molecule has 12 nitrogen and oxygen atoms in total. The number of carbonyl (C=O) groups excluding carboxylic acids is 3. The van der Waals surface area contributed by atoms with Crippen LogP contribution in [0.25, 0.3) is 11.0 Å². The molecule has 14 heteroatoms. The molecular formula is C30H32F2N6O6. The van der Waals surface area contributed by atoms with Gasteiger partial charge in [0.05, 0.1) is 29.9 Å². The molecule has 2 N–H and O–H groups in total. The van der Waals surface area contributed by atoms with Gasteiger partial charge in [0.1, 0.15) is 35.0 Å². The van der Waals surface area contributed by atoms with Gasteiger partial charge < -0.3 is 29.6 Å². The molecule has 1 aliphatic carbocycles. The van der Waals surface area contributed by atoms with Crippen molar-refractivity contribution < 1.29 is 32.6 Å². The zero-order valence-electron chi connectivity index (χ0n) is 24.3. The van der Waals surface area contributed by atoms with Crippen LogP contribution in [-0.2, 0) is 14.3 Å². The van der Waals surface area contributed by atoms with Gasteiger partial charge in [-0.15, -0.1) is 0 Å². The quantitative estimate of drug-likeness (QED) is 0.379. The van der Waals surface area contributed by atoms with Gasteiger partial charge in [-0.05, 0) is 51.0 Å². The molecule has 4 heterocycles. The Morgan fingerprint density at radius 2 is 1.80 bits per heavy atom. The van der Waals surface area contributed by atoms with Crippen molar-refractivity contribution in [3.8, 4) is 0 Å². The predicted octanol–water partition coefficient (Wildman–Crippen LogP) is 2.75. The van der Waals surface area contributed by atoms with Crippen molar-refractivity contribution in [3.05, 3.63) is 57.9 Å². The van der Waals surface area contributed by atoms with E-state index < -0.39 is 41.3 Å². The molecule has 1 amide bonds. The van der Waals surface area contributed by atoms with Crippen LogP contribution in [0, 0.1) is 11.6 Å². The van der Waals surface area contributed by atoms with Gasteiger partial charge in [-0.1, -0.05) is 0 Å². The fourth-order valence-corrected chi connectivity index (χ4v) is 5.67. The van der Waals surface area contributed by atoms with Crippen LogP contribution >= 0.6 is 0 Å². The van der Waals surface area contributed by atoms with E-state index in [1.165, 1.54) is 24.1 Å². The van der Waals surface area contributed by atoms with Crippen molar-refractivity contribution in [3.63, 3.8) is 0 Å². The number of rotatable bonds is 8. The van der Waals surface area contributed by atoms with Gasteiger partial charge in [-0.25, -0.2) is 23.4 Å². The molecule has 2 atom stereocenters. The Balaban J connectivity index is 1.19. The van der Waals surface area contributed by atoms with Gasteiger partial charge in [0.25, 0.3) is 0 Å². The van der Waals surface area contributed by atoms with Crippen LogP contribution < -0.4 is 25.9 Å². The van der Waals surface area contributed by atoms with Crippen molar-refractivity contribution in [1.82, 2.24) is 9.55 Å². The van der Waals surface area contributed by atoms with E-state index in [-0.39, 0.29) is 47.4 Å². The van der Waals surface area contributed by atoms with Crippen molar-refractivity contribution in [1.29, 1.82) is 0 Å². The van der Waals surface area contributed by atoms with E-state index in [9.17, 15) is 19.2 Å². The molecule has 0 spiro atoms. The van der Waals surface area contributed by atoms with E-state index in [2.05, 4.69) is 4.98 Å². The molecule has 232 valence electrons. The van der Waals surface area contributed by atoms with Gasteiger partial charge in [-0.2, -0.15) is 0 Å². The number of hydrogen-bond donors (Lipinski definition) is 1. The molecule has 0 bridgehead atoms. The Kier molecular flexibility index (Phi) is 7.70. The number of esters is 1. The van der Waals surface area contributed by atoms with Crippen molar-refractivity contribution in [2.24, 2.45) is 5.73 Å². The number of Topliss-reactive ketones (excluding diaryl/α,β-unsaturated/α-hetero) is 1. The molecule has 6 rings (SSSR count). The first kappa shape index (κ1) is 29.5. The maximum atomic E-state index is 15.4. The highest BCUT2D eigenvalue weighted by molar-refractivity contribution is 5.94. The van der Waals surface area contributed by atoms with E-state index in [0.717, 1.165) is 18.9 Å². The van der Waals surface area contributed by atoms with Crippen LogP contribution in [0.1, 0.15) is 43.1 Å². The number of ketones is 1. The summed E-state index contributed by atoms with van der Waals surface area (Å²) >= 11 is 0. The highest BCUT2D eigenvalue weighted by Crippen LogP contribution is 2.37. The summed E-state index contributed by atoms with van der Waals surface area (Å²) in [6.07, 6.45) is 1.63. The Hall–Kier alpha value is -4.59. The third kappa shape index (κ3) is 5.34. The SMILES string of the molecule is CCOC(=O)c1cn(C2CC2)c2nc(N3CCN(c4ccc(N5CC([C@H](N)C(C)=O)OC5=O)cc4F)CC3)c(F)cc2c1=O. The summed E-state index contributed by atoms with van der Waals surface area (Å²) < 4.78 is 42.7. The predicted molar refractivity (Wildman–Crippen MR) is 157 cm³/mol. The molecule has 2 aliphatic heterocycles. The number of hydrogen-bond acceptors (Lipinski definition) is 10. The fraction of sp³-hybridized carbons (Fsp3) is 0.433. The minimum atomic E-state index is -0.963. The minimum Gasteiger partial charge on any atom is -0.462 e. The summed E-state index contributed by atoms with van der Waals surface area (Å²) in [6.45, 7) is 4.46. The van der Waals surface area contributed by atoms with Crippen LogP contribution in [0.5, 0.6) is 0 Å². The molecule has 2 aromatic heterocycles. The largest absolute Gasteiger partial charge is 0.462 e. The number of pyridine rings is 2. The molecule has 3 fully saturated rings. The number of fused-ring (bicyclic) bond motifs is 1. The first-order valence-corrected chi connectivity index (χ1v) is 14.5. The van der Waals surface area contributed by atoms with E-state index in [1.54, 1.807) is 28.5 Å². The number of amides is 1. The first-order chi connectivity index (χ1) is 21.1. The standard InChI is InChI=1S/C30H32F2N6O6/c1-3-43-29(41)20-14-37(17-4-5-17)27-19(26(20)40)13-22(32)28(34-27)36-10-8-35(9-11-36)23-7-6-18(12-21(23)31)38-15-24(44-30(38)42)25(33)16(2)39/h6-7,12-14,17,24-25H,3-5,8-11,15,33H2,1-2H3/t24?,25-/m1/s1. The summed E-state index contributed by atoms with van der Waals surface area (Å²) in [5.74, 6) is -2.23. The number of nitrogens with zero attached hydrogens (tertiary/aromatic N) is 5. The Labute approximate surface area is 250 Å². The lowest BCUT2D eigenvalue weighted by atomic mass is 10.1. The zero-order chi connectivity index (χ0) is 31.3. The summed E-state index contributed by atoms with van der Waals surface area (Å²) in [4.78, 5) is 58.8. The Bertz CT molecular complexity index is 1720. The molecule has 3 aromatic rings. The van der Waals surface area contributed by atoms with Gasteiger partial charge in [-0.3, -0.25) is 14.5 Å². The third-order valence-electron chi connectivity index (χ3n) is 8.24. The van der Waals surface area contributed by atoms with Crippen LogP contribution in [0.3, 0.4) is 0 Å². The number of halogens is 2. The molecule has 0 radical (unpaired) electrons. The molecule has 1 aromatic carbocycles. The maximum absolute atomic E-state index is 15.4. The lowest BCUT2D eigenvalue weighted by Crippen LogP contribution is -2.47. The van der Waals surface area contributed by atoms with E-state index in [1.807, 2.05) is 4.90 Å². The highest BCUT2D eigenvalue weighted by Gasteiger charge is 2.38. The van der Waals surface area contributed by atoms with Gasteiger partial charge in [0, 0.05) is 38.4 Å². The third-order valence-corrected chi connectivity index (χ3v) is 8.24. The zero-order valence-corrected chi connectivity index (χ0v) is 24.3. The average Bonchev–Trinajstić information content (AvgIpc) is 3.77. The number of benzene rings is 1. The second kappa shape index (κ2) is 11.5. The van der Waals surface area contributed by atoms with Crippen molar-refractivity contribution >= 4 is 46.1 Å². The summed E-state index contributed by atoms with van der Waals surface area (Å²) in [5.41, 5.74) is 5.95. The number of anilines is 3. The summed E-state index contributed by atoms with van der Waals surface area (Å²) in [7, 11) is 0. The second-order valence-corrected chi connectivity index (χ2v) is 11.2.